The van der Waals surface area contributed by atoms with Crippen molar-refractivity contribution in [2.24, 2.45) is 0 Å². The Hall–Kier alpha value is -3.10. The number of nitrogens with zero attached hydrogens (tertiary/aromatic N) is 5. The van der Waals surface area contributed by atoms with E-state index in [9.17, 15) is 22.0 Å². The van der Waals surface area contributed by atoms with Gasteiger partial charge in [0.1, 0.15) is 29.8 Å². The number of nitrogens with one attached hydrogen (secondary N) is 1. The molecule has 2 aromatic rings. The third kappa shape index (κ3) is 2.77. The molecule has 0 saturated heterocycles. The Morgan fingerprint density at radius 3 is 1.60 bits per heavy atom. The van der Waals surface area contributed by atoms with Gasteiger partial charge in [0.05, 0.1) is 27.8 Å². The molecule has 0 aliphatic rings. The molecule has 0 amide bonds. The molecule has 1 aromatic heterocycles. The predicted octanol–water partition coefficient (Wildman–Crippen LogP) is 2.06. The standard InChI is InChI=1S/C13HF5N6.Li.H/c14-12(15,13(16,17)18)11-23-9-7(3-21)5(1-19)6(2-20)8(4-22)10(9)24-11;;/h(H,23,24);;. The number of aromatic amines is 1. The van der Waals surface area contributed by atoms with Gasteiger partial charge in [0.25, 0.3) is 0 Å². The van der Waals surface area contributed by atoms with E-state index in [1.54, 1.807) is 4.98 Å². The van der Waals surface area contributed by atoms with Crippen molar-refractivity contribution in [1.29, 1.82) is 21.0 Å². The molecule has 120 valence electrons. The van der Waals surface area contributed by atoms with E-state index >= 15 is 0 Å². The summed E-state index contributed by atoms with van der Waals surface area (Å²) in [6.45, 7) is 0. The monoisotopic (exact) mass is 344 g/mol. The van der Waals surface area contributed by atoms with Crippen molar-refractivity contribution in [3.8, 4) is 24.3 Å². The molecule has 0 aliphatic heterocycles. The first-order valence-corrected chi connectivity index (χ1v) is 5.79. The molecule has 2 rings (SSSR count). The number of halogens is 5. The van der Waals surface area contributed by atoms with Crippen LogP contribution in [0.25, 0.3) is 11.0 Å². The van der Waals surface area contributed by atoms with Crippen LogP contribution in [0.2, 0.25) is 0 Å². The molecule has 0 bridgehead atoms. The second kappa shape index (κ2) is 6.42. The first-order chi connectivity index (χ1) is 11.1. The zero-order chi connectivity index (χ0) is 18.3. The third-order valence-corrected chi connectivity index (χ3v) is 3.04. The summed E-state index contributed by atoms with van der Waals surface area (Å²) in [7, 11) is 0. The number of fused-ring (bicyclic) bond motifs is 1. The molecule has 6 nitrogen and oxygen atoms in total. The van der Waals surface area contributed by atoms with Crippen LogP contribution < -0.4 is 0 Å². The quantitative estimate of drug-likeness (QED) is 0.626. The first kappa shape index (κ1) is 19.9. The molecule has 12 heteroatoms. The van der Waals surface area contributed by atoms with E-state index < -0.39 is 51.2 Å². The Morgan fingerprint density at radius 2 is 1.20 bits per heavy atom. The molecule has 0 aliphatic carbocycles. The van der Waals surface area contributed by atoms with Crippen molar-refractivity contribution in [2.45, 2.75) is 12.1 Å². The molecular formula is C13H2F5LiN6. The zero-order valence-electron chi connectivity index (χ0n) is 11.1. The number of H-pyrrole nitrogens is 1. The Kier molecular flexibility index (Phi) is 5.12. The average molecular weight is 344 g/mol. The van der Waals surface area contributed by atoms with Gasteiger partial charge in [-0.1, -0.05) is 0 Å². The van der Waals surface area contributed by atoms with Crippen LogP contribution >= 0.6 is 0 Å². The predicted molar refractivity (Wildman–Crippen MR) is 72.1 cm³/mol. The summed E-state index contributed by atoms with van der Waals surface area (Å²) in [5, 5.41) is 36.1. The molecule has 1 heterocycles. The van der Waals surface area contributed by atoms with Crippen LogP contribution in [0.3, 0.4) is 0 Å². The molecule has 0 saturated carbocycles. The second-order valence-corrected chi connectivity index (χ2v) is 4.33. The van der Waals surface area contributed by atoms with Gasteiger partial charge in [0.2, 0.25) is 0 Å². The molecule has 0 radical (unpaired) electrons. The van der Waals surface area contributed by atoms with E-state index in [1.165, 1.54) is 24.3 Å². The maximum atomic E-state index is 13.4. The number of hydrogen-bond acceptors (Lipinski definition) is 5. The Morgan fingerprint density at radius 1 is 0.760 bits per heavy atom. The first-order valence-electron chi connectivity index (χ1n) is 5.79. The van der Waals surface area contributed by atoms with Gasteiger partial charge in [-0.25, -0.2) is 4.98 Å². The van der Waals surface area contributed by atoms with Crippen molar-refractivity contribution in [3.63, 3.8) is 0 Å². The molecule has 1 aromatic carbocycles. The van der Waals surface area contributed by atoms with Gasteiger partial charge in [-0.15, -0.1) is 0 Å². The van der Waals surface area contributed by atoms with Gasteiger partial charge in [0, 0.05) is 0 Å². The number of imidazole rings is 1. The number of aromatic nitrogens is 2. The number of hydrogen-bond donors (Lipinski definition) is 1. The van der Waals surface area contributed by atoms with Gasteiger partial charge >= 0.3 is 31.0 Å². The fourth-order valence-corrected chi connectivity index (χ4v) is 1.96. The SMILES string of the molecule is N#Cc1c(C#N)c(C#N)c2[nH]c(C(F)(F)C(F)(F)F)nc2c1C#N.[LiH]. The van der Waals surface area contributed by atoms with E-state index in [0.717, 1.165) is 0 Å². The minimum absolute atomic E-state index is 0. The second-order valence-electron chi connectivity index (χ2n) is 4.33. The van der Waals surface area contributed by atoms with Crippen LogP contribution in [0.1, 0.15) is 28.1 Å². The van der Waals surface area contributed by atoms with Crippen LogP contribution in [-0.4, -0.2) is 35.0 Å². The van der Waals surface area contributed by atoms with Crippen molar-refractivity contribution in [2.75, 3.05) is 0 Å². The molecule has 0 atom stereocenters. The number of alkyl halides is 5. The van der Waals surface area contributed by atoms with Crippen LogP contribution in [0, 0.1) is 45.3 Å². The average Bonchev–Trinajstić information content (AvgIpc) is 2.96. The van der Waals surface area contributed by atoms with E-state index in [0.29, 0.717) is 0 Å². The van der Waals surface area contributed by atoms with Crippen LogP contribution in [0.4, 0.5) is 22.0 Å². The van der Waals surface area contributed by atoms with Gasteiger partial charge in [-0.05, 0) is 0 Å². The van der Waals surface area contributed by atoms with Gasteiger partial charge < -0.3 is 4.98 Å². The Labute approximate surface area is 147 Å². The van der Waals surface area contributed by atoms with Crippen LogP contribution in [0.15, 0.2) is 0 Å². The van der Waals surface area contributed by atoms with Crippen molar-refractivity contribution >= 4 is 29.9 Å². The third-order valence-electron chi connectivity index (χ3n) is 3.04. The molecular weight excluding hydrogens is 342 g/mol. The van der Waals surface area contributed by atoms with Crippen LogP contribution in [-0.2, 0) is 5.92 Å². The molecule has 0 fully saturated rings. The molecule has 0 spiro atoms. The fourth-order valence-electron chi connectivity index (χ4n) is 1.96. The van der Waals surface area contributed by atoms with Crippen LogP contribution in [0.5, 0.6) is 0 Å². The number of benzene rings is 1. The summed E-state index contributed by atoms with van der Waals surface area (Å²) < 4.78 is 64.2. The Bertz CT molecular complexity index is 957. The summed E-state index contributed by atoms with van der Waals surface area (Å²) in [6, 6.07) is 5.77. The molecule has 1 N–H and O–H groups in total. The summed E-state index contributed by atoms with van der Waals surface area (Å²) in [6.07, 6.45) is -5.98. The van der Waals surface area contributed by atoms with E-state index in [4.69, 9.17) is 21.0 Å². The summed E-state index contributed by atoms with van der Waals surface area (Å²) in [4.78, 5) is 4.70. The summed E-state index contributed by atoms with van der Waals surface area (Å²) in [5.74, 6) is -7.23. The topological polar surface area (TPSA) is 124 Å². The van der Waals surface area contributed by atoms with E-state index in [2.05, 4.69) is 4.98 Å². The van der Waals surface area contributed by atoms with Gasteiger partial charge in [0.15, 0.2) is 5.82 Å². The minimum atomic E-state index is -5.98. The summed E-state index contributed by atoms with van der Waals surface area (Å²) >= 11 is 0. The molecule has 0 unspecified atom stereocenters. The van der Waals surface area contributed by atoms with Crippen molar-refractivity contribution < 1.29 is 22.0 Å². The molecule has 25 heavy (non-hydrogen) atoms. The fraction of sp³-hybridized carbons (Fsp3) is 0.154. The summed E-state index contributed by atoms with van der Waals surface area (Å²) in [5.41, 5.74) is -3.94. The normalized spacial score (nSPS) is 10.9. The number of nitriles is 4. The zero-order valence-corrected chi connectivity index (χ0v) is 11.1. The van der Waals surface area contributed by atoms with Crippen molar-refractivity contribution in [1.82, 2.24) is 9.97 Å². The van der Waals surface area contributed by atoms with Gasteiger partial charge in [-0.2, -0.15) is 43.0 Å². The Balaban J connectivity index is 0.00000312. The number of rotatable bonds is 1. The van der Waals surface area contributed by atoms with E-state index in [1.807, 2.05) is 0 Å². The van der Waals surface area contributed by atoms with Crippen molar-refractivity contribution in [3.05, 3.63) is 28.1 Å². The van der Waals surface area contributed by atoms with E-state index in [-0.39, 0.29) is 18.9 Å². The van der Waals surface area contributed by atoms with Gasteiger partial charge in [-0.3, -0.25) is 0 Å². The maximum absolute atomic E-state index is 13.4.